The van der Waals surface area contributed by atoms with Gasteiger partial charge >= 0.3 is 0 Å². The Bertz CT molecular complexity index is 604. The van der Waals surface area contributed by atoms with Crippen molar-refractivity contribution in [1.29, 1.82) is 0 Å². The first-order valence-electron chi connectivity index (χ1n) is 7.55. The lowest BCUT2D eigenvalue weighted by Crippen LogP contribution is -2.46. The predicted molar refractivity (Wildman–Crippen MR) is 83.7 cm³/mol. The second-order valence-corrected chi connectivity index (χ2v) is 7.28. The maximum atomic E-state index is 13.0. The van der Waals surface area contributed by atoms with E-state index in [2.05, 4.69) is 29.2 Å². The number of amides is 1. The van der Waals surface area contributed by atoms with Gasteiger partial charge in [-0.25, -0.2) is 0 Å². The molecule has 0 N–H and O–H groups in total. The highest BCUT2D eigenvalue weighted by molar-refractivity contribution is 8.04. The minimum atomic E-state index is -0.0612. The first-order valence-corrected chi connectivity index (χ1v) is 8.53. The van der Waals surface area contributed by atoms with Crippen LogP contribution in [0.3, 0.4) is 0 Å². The fourth-order valence-electron chi connectivity index (χ4n) is 3.94. The molecule has 3 nitrogen and oxygen atoms in total. The van der Waals surface area contributed by atoms with Gasteiger partial charge in [0.25, 0.3) is 5.91 Å². The van der Waals surface area contributed by atoms with E-state index in [1.807, 2.05) is 13.0 Å². The maximum Gasteiger partial charge on any atom is 0.264 e. The van der Waals surface area contributed by atoms with E-state index in [0.29, 0.717) is 12.5 Å². The van der Waals surface area contributed by atoms with Crippen LogP contribution in [-0.2, 0) is 15.1 Å². The average molecular weight is 301 g/mol. The molecule has 4 heteroatoms. The Hall–Kier alpha value is -1.42. The average Bonchev–Trinajstić information content (AvgIpc) is 3.04. The summed E-state index contributed by atoms with van der Waals surface area (Å²) in [5.74, 6) is 2.50. The summed E-state index contributed by atoms with van der Waals surface area (Å²) in [6, 6.07) is 10.5. The van der Waals surface area contributed by atoms with Gasteiger partial charge in [0.15, 0.2) is 0 Å². The summed E-state index contributed by atoms with van der Waals surface area (Å²) in [5.41, 5.74) is 1.22. The Labute approximate surface area is 129 Å². The second kappa shape index (κ2) is 4.80. The third-order valence-electron chi connectivity index (χ3n) is 4.93. The van der Waals surface area contributed by atoms with E-state index in [9.17, 15) is 4.79 Å². The fraction of sp³-hybridized carbons (Fsp3) is 0.471. The molecule has 4 aliphatic rings. The van der Waals surface area contributed by atoms with Crippen LogP contribution in [0.1, 0.15) is 25.3 Å². The minimum Gasteiger partial charge on any atom is -0.496 e. The third kappa shape index (κ3) is 1.92. The van der Waals surface area contributed by atoms with Crippen molar-refractivity contribution in [2.24, 2.45) is 5.92 Å². The molecule has 1 aliphatic carbocycles. The molecule has 110 valence electrons. The summed E-state index contributed by atoms with van der Waals surface area (Å²) in [5, 5.41) is 0. The molecule has 3 fully saturated rings. The number of allylic oxidation sites excluding steroid dienone is 1. The number of fused-ring (bicyclic) bond motifs is 1. The second-order valence-electron chi connectivity index (χ2n) is 6.17. The van der Waals surface area contributed by atoms with E-state index in [1.54, 1.807) is 11.8 Å². The molecule has 0 unspecified atom stereocenters. The van der Waals surface area contributed by atoms with Gasteiger partial charge in [0.05, 0.1) is 12.1 Å². The van der Waals surface area contributed by atoms with Gasteiger partial charge in [-0.05, 0) is 31.2 Å². The number of hydrogen-bond acceptors (Lipinski definition) is 3. The van der Waals surface area contributed by atoms with Crippen molar-refractivity contribution >= 4 is 17.7 Å². The van der Waals surface area contributed by atoms with Gasteiger partial charge in [0.2, 0.25) is 0 Å². The van der Waals surface area contributed by atoms with Crippen LogP contribution in [0.25, 0.3) is 0 Å². The monoisotopic (exact) mass is 301 g/mol. The lowest BCUT2D eigenvalue weighted by atomic mass is 9.69. The summed E-state index contributed by atoms with van der Waals surface area (Å²) in [4.78, 5) is 15.9. The van der Waals surface area contributed by atoms with E-state index in [-0.39, 0.29) is 11.4 Å². The minimum absolute atomic E-state index is 0.0612. The molecule has 1 saturated carbocycles. The van der Waals surface area contributed by atoms with Gasteiger partial charge < -0.3 is 9.64 Å². The van der Waals surface area contributed by atoms with E-state index in [4.69, 9.17) is 4.74 Å². The lowest BCUT2D eigenvalue weighted by molar-refractivity contribution is -0.130. The van der Waals surface area contributed by atoms with E-state index in [0.717, 1.165) is 35.8 Å². The summed E-state index contributed by atoms with van der Waals surface area (Å²) < 4.78 is 5.57. The van der Waals surface area contributed by atoms with Crippen LogP contribution in [-0.4, -0.2) is 29.7 Å². The molecule has 0 aromatic heterocycles. The Morgan fingerprint density at radius 2 is 2.10 bits per heavy atom. The van der Waals surface area contributed by atoms with Gasteiger partial charge in [-0.3, -0.25) is 4.79 Å². The number of thioether (sulfide) groups is 1. The van der Waals surface area contributed by atoms with Crippen LogP contribution >= 0.6 is 11.8 Å². The first-order chi connectivity index (χ1) is 10.2. The molecule has 1 aromatic carbocycles. The molecule has 0 radical (unpaired) electrons. The van der Waals surface area contributed by atoms with Gasteiger partial charge in [-0.15, -0.1) is 11.8 Å². The van der Waals surface area contributed by atoms with Crippen LogP contribution in [0.2, 0.25) is 0 Å². The zero-order valence-corrected chi connectivity index (χ0v) is 13.0. The summed E-state index contributed by atoms with van der Waals surface area (Å²) in [6.45, 7) is 3.51. The standard InChI is InChI=1S/C17H19NO2S/c1-12-15(21-8-7-20-12)16(19)18-11-13-9-17(18,10-13)14-5-3-2-4-6-14/h2-6,13H,7-11H2,1H3. The molecule has 5 rings (SSSR count). The SMILES string of the molecule is CC1=C(C(=O)N2CC3CC2(c2ccccc2)C3)SCCO1. The highest BCUT2D eigenvalue weighted by Crippen LogP contribution is 2.57. The van der Waals surface area contributed by atoms with Gasteiger partial charge in [-0.2, -0.15) is 0 Å². The molecule has 3 aliphatic heterocycles. The summed E-state index contributed by atoms with van der Waals surface area (Å²) in [6.07, 6.45) is 2.22. The first kappa shape index (κ1) is 13.3. The number of hydrogen-bond donors (Lipinski definition) is 0. The Kier molecular flexibility index (Phi) is 3.03. The van der Waals surface area contributed by atoms with Crippen LogP contribution in [0.5, 0.6) is 0 Å². The fourth-order valence-corrected chi connectivity index (χ4v) is 4.80. The third-order valence-corrected chi connectivity index (χ3v) is 6.05. The zero-order valence-electron chi connectivity index (χ0n) is 12.2. The normalized spacial score (nSPS) is 30.9. The number of carbonyl (C=O) groups is 1. The van der Waals surface area contributed by atoms with Crippen LogP contribution in [0.4, 0.5) is 0 Å². The molecule has 0 spiro atoms. The Morgan fingerprint density at radius 1 is 1.33 bits per heavy atom. The zero-order chi connectivity index (χ0) is 14.4. The lowest BCUT2D eigenvalue weighted by Gasteiger charge is -2.43. The predicted octanol–water partition coefficient (Wildman–Crippen LogP) is 3.13. The van der Waals surface area contributed by atoms with Crippen LogP contribution in [0, 0.1) is 5.92 Å². The summed E-state index contributed by atoms with van der Waals surface area (Å²) >= 11 is 1.64. The van der Waals surface area contributed by atoms with Gasteiger partial charge in [0.1, 0.15) is 10.7 Å². The number of rotatable bonds is 2. The van der Waals surface area contributed by atoms with E-state index < -0.39 is 0 Å². The smallest absolute Gasteiger partial charge is 0.264 e. The summed E-state index contributed by atoms with van der Waals surface area (Å²) in [7, 11) is 0. The molecule has 2 bridgehead atoms. The molecule has 3 heterocycles. The number of nitrogens with zero attached hydrogens (tertiary/aromatic N) is 1. The highest BCUT2D eigenvalue weighted by Gasteiger charge is 2.59. The van der Waals surface area contributed by atoms with Crippen molar-refractivity contribution < 1.29 is 9.53 Å². The maximum absolute atomic E-state index is 13.0. The number of ether oxygens (including phenoxy) is 1. The molecule has 1 amide bonds. The van der Waals surface area contributed by atoms with Gasteiger partial charge in [0, 0.05) is 12.3 Å². The highest BCUT2D eigenvalue weighted by atomic mass is 32.2. The molecular formula is C17H19NO2S. The largest absolute Gasteiger partial charge is 0.496 e. The molecule has 1 aromatic rings. The number of carbonyl (C=O) groups excluding carboxylic acids is 1. The van der Waals surface area contributed by atoms with Crippen molar-refractivity contribution in [2.45, 2.75) is 25.3 Å². The molecule has 0 atom stereocenters. The van der Waals surface area contributed by atoms with Crippen LogP contribution in [0.15, 0.2) is 41.0 Å². The molecule has 21 heavy (non-hydrogen) atoms. The topological polar surface area (TPSA) is 29.5 Å². The molecular weight excluding hydrogens is 282 g/mol. The Morgan fingerprint density at radius 3 is 2.81 bits per heavy atom. The van der Waals surface area contributed by atoms with Gasteiger partial charge in [-0.1, -0.05) is 30.3 Å². The number of benzene rings is 1. The van der Waals surface area contributed by atoms with E-state index in [1.165, 1.54) is 5.56 Å². The quantitative estimate of drug-likeness (QED) is 0.840. The Balaban J connectivity index is 1.68. The van der Waals surface area contributed by atoms with Crippen molar-refractivity contribution in [1.82, 2.24) is 4.90 Å². The molecule has 2 saturated heterocycles. The van der Waals surface area contributed by atoms with Crippen LogP contribution < -0.4 is 0 Å². The van der Waals surface area contributed by atoms with E-state index >= 15 is 0 Å². The van der Waals surface area contributed by atoms with Crippen molar-refractivity contribution in [3.8, 4) is 0 Å². The van der Waals surface area contributed by atoms with Crippen molar-refractivity contribution in [2.75, 3.05) is 18.9 Å². The van der Waals surface area contributed by atoms with Crippen molar-refractivity contribution in [3.63, 3.8) is 0 Å². The van der Waals surface area contributed by atoms with Crippen molar-refractivity contribution in [3.05, 3.63) is 46.6 Å².